The second kappa shape index (κ2) is 7.17. The number of rotatable bonds is 3. The van der Waals surface area contributed by atoms with Crippen molar-refractivity contribution in [2.45, 2.75) is 6.42 Å². The number of carbonyl (C=O) groups is 3. The molecule has 136 valence electrons. The van der Waals surface area contributed by atoms with Gasteiger partial charge in [0.25, 0.3) is 5.91 Å². The Labute approximate surface area is 154 Å². The average molecular weight is 377 g/mol. The Kier molecular flexibility index (Phi) is 4.94. The summed E-state index contributed by atoms with van der Waals surface area (Å²) in [5.41, 5.74) is 3.77. The smallest absolute Gasteiger partial charge is 0.311 e. The molecule has 0 saturated carbocycles. The molecule has 2 heterocycles. The predicted octanol–water partition coefficient (Wildman–Crippen LogP) is 1.41. The molecule has 1 fully saturated rings. The lowest BCUT2D eigenvalue weighted by Gasteiger charge is -2.31. The summed E-state index contributed by atoms with van der Waals surface area (Å²) in [6, 6.07) is 7.03. The number of hydrogen-bond acceptors (Lipinski definition) is 5. The Morgan fingerprint density at radius 2 is 2.08 bits per heavy atom. The lowest BCUT2D eigenvalue weighted by atomic mass is 10.0. The van der Waals surface area contributed by atoms with E-state index in [1.807, 2.05) is 0 Å². The summed E-state index contributed by atoms with van der Waals surface area (Å²) in [5.74, 6) is -2.15. The second-order valence-electron chi connectivity index (χ2n) is 5.92. The molecular weight excluding hydrogens is 360 g/mol. The van der Waals surface area contributed by atoms with Crippen molar-refractivity contribution in [3.05, 3.63) is 41.0 Å². The van der Waals surface area contributed by atoms with Crippen molar-refractivity contribution in [3.8, 4) is 11.3 Å². The van der Waals surface area contributed by atoms with Gasteiger partial charge in [0.05, 0.1) is 30.2 Å². The number of carbonyl (C=O) groups excluding carboxylic acids is 3. The van der Waals surface area contributed by atoms with Gasteiger partial charge in [-0.05, 0) is 6.07 Å². The van der Waals surface area contributed by atoms with Crippen molar-refractivity contribution >= 4 is 29.4 Å². The summed E-state index contributed by atoms with van der Waals surface area (Å²) < 4.78 is 6.19. The van der Waals surface area contributed by atoms with Crippen molar-refractivity contribution in [2.75, 3.05) is 13.7 Å². The number of hydrazine groups is 1. The van der Waals surface area contributed by atoms with E-state index >= 15 is 0 Å². The van der Waals surface area contributed by atoms with Crippen LogP contribution in [0.4, 0.5) is 0 Å². The van der Waals surface area contributed by atoms with Crippen LogP contribution in [0.5, 0.6) is 0 Å². The Hall–Kier alpha value is -2.87. The molecule has 0 radical (unpaired) electrons. The fraction of sp³-hybridized carbons (Fsp3) is 0.294. The molecule has 0 spiro atoms. The molecule has 1 saturated heterocycles. The topological polar surface area (TPSA) is 93.5 Å². The predicted molar refractivity (Wildman–Crippen MR) is 93.0 cm³/mol. The maximum absolute atomic E-state index is 13.0. The number of ether oxygens (including phenoxy) is 1. The molecule has 0 aliphatic carbocycles. The van der Waals surface area contributed by atoms with Crippen LogP contribution in [-0.4, -0.2) is 46.2 Å². The summed E-state index contributed by atoms with van der Waals surface area (Å²) in [5, 5.41) is 5.90. The highest BCUT2D eigenvalue weighted by Crippen LogP contribution is 2.30. The summed E-state index contributed by atoms with van der Waals surface area (Å²) in [7, 11) is 2.93. The van der Waals surface area contributed by atoms with Gasteiger partial charge in [0.15, 0.2) is 0 Å². The van der Waals surface area contributed by atoms with Gasteiger partial charge in [-0.15, -0.1) is 0 Å². The number of aryl methyl sites for hydroxylation is 1. The molecule has 1 N–H and O–H groups in total. The van der Waals surface area contributed by atoms with Crippen molar-refractivity contribution < 1.29 is 19.1 Å². The first kappa shape index (κ1) is 17.9. The Morgan fingerprint density at radius 1 is 1.35 bits per heavy atom. The second-order valence-corrected chi connectivity index (χ2v) is 6.33. The van der Waals surface area contributed by atoms with Gasteiger partial charge >= 0.3 is 5.97 Å². The maximum atomic E-state index is 13.0. The molecule has 1 aromatic heterocycles. The minimum absolute atomic E-state index is 0.0219. The van der Waals surface area contributed by atoms with Crippen molar-refractivity contribution in [3.63, 3.8) is 0 Å². The van der Waals surface area contributed by atoms with E-state index in [1.165, 1.54) is 11.8 Å². The minimum Gasteiger partial charge on any atom is -0.469 e. The lowest BCUT2D eigenvalue weighted by Crippen LogP contribution is -2.54. The number of nitrogens with one attached hydrogen (secondary N) is 1. The highest BCUT2D eigenvalue weighted by molar-refractivity contribution is 6.33. The van der Waals surface area contributed by atoms with Crippen LogP contribution in [0.2, 0.25) is 5.02 Å². The van der Waals surface area contributed by atoms with Crippen LogP contribution in [-0.2, 0) is 21.4 Å². The molecule has 3 rings (SSSR count). The summed E-state index contributed by atoms with van der Waals surface area (Å²) in [6.07, 6.45) is 1.52. The van der Waals surface area contributed by atoms with Gasteiger partial charge in [-0.1, -0.05) is 29.8 Å². The molecule has 1 atom stereocenters. The highest BCUT2D eigenvalue weighted by Gasteiger charge is 2.35. The third kappa shape index (κ3) is 3.41. The molecule has 2 amide bonds. The maximum Gasteiger partial charge on any atom is 0.311 e. The zero-order chi connectivity index (χ0) is 18.8. The van der Waals surface area contributed by atoms with Crippen LogP contribution in [0.3, 0.4) is 0 Å². The average Bonchev–Trinajstić information content (AvgIpc) is 3.01. The van der Waals surface area contributed by atoms with E-state index in [2.05, 4.69) is 10.5 Å². The first-order valence-corrected chi connectivity index (χ1v) is 8.26. The first-order valence-electron chi connectivity index (χ1n) is 7.88. The van der Waals surface area contributed by atoms with E-state index in [9.17, 15) is 14.4 Å². The molecule has 1 aliphatic heterocycles. The zero-order valence-corrected chi connectivity index (χ0v) is 15.0. The number of halogens is 1. The van der Waals surface area contributed by atoms with Crippen LogP contribution in [0, 0.1) is 5.92 Å². The standard InChI is InChI=1S/C17H17ClN4O4/c1-21-9-12(15(20-21)11-5-3-4-6-13(11)18)16(24)22-8-10(17(25)26-2)7-14(23)19-22/h3-6,9-10H,7-8H2,1-2H3,(H,19,23). The van der Waals surface area contributed by atoms with E-state index < -0.39 is 23.7 Å². The van der Waals surface area contributed by atoms with Crippen molar-refractivity contribution in [1.29, 1.82) is 0 Å². The molecule has 1 unspecified atom stereocenters. The van der Waals surface area contributed by atoms with Gasteiger partial charge in [-0.3, -0.25) is 24.5 Å². The van der Waals surface area contributed by atoms with Gasteiger partial charge in [0, 0.05) is 25.2 Å². The first-order chi connectivity index (χ1) is 12.4. The number of aromatic nitrogens is 2. The van der Waals surface area contributed by atoms with Crippen molar-refractivity contribution in [2.24, 2.45) is 13.0 Å². The van der Waals surface area contributed by atoms with Gasteiger partial charge in [0.2, 0.25) is 5.91 Å². The van der Waals surface area contributed by atoms with E-state index in [1.54, 1.807) is 37.5 Å². The minimum atomic E-state index is -0.710. The molecule has 0 bridgehead atoms. The molecule has 2 aromatic rings. The molecular formula is C17H17ClN4O4. The fourth-order valence-electron chi connectivity index (χ4n) is 2.85. The number of benzene rings is 1. The van der Waals surface area contributed by atoms with Gasteiger partial charge in [0.1, 0.15) is 5.69 Å². The normalized spacial score (nSPS) is 17.0. The molecule has 26 heavy (non-hydrogen) atoms. The van der Waals surface area contributed by atoms with Crippen LogP contribution in [0.25, 0.3) is 11.3 Å². The lowest BCUT2D eigenvalue weighted by molar-refractivity contribution is -0.151. The number of hydrogen-bond donors (Lipinski definition) is 1. The number of methoxy groups -OCH3 is 1. The number of esters is 1. The molecule has 1 aromatic carbocycles. The third-order valence-electron chi connectivity index (χ3n) is 4.06. The molecule has 8 nitrogen and oxygen atoms in total. The fourth-order valence-corrected chi connectivity index (χ4v) is 3.08. The zero-order valence-electron chi connectivity index (χ0n) is 14.2. The Morgan fingerprint density at radius 3 is 2.77 bits per heavy atom. The number of nitrogens with zero attached hydrogens (tertiary/aromatic N) is 3. The van der Waals surface area contributed by atoms with Gasteiger partial charge in [-0.2, -0.15) is 5.10 Å². The van der Waals surface area contributed by atoms with Crippen LogP contribution >= 0.6 is 11.6 Å². The Balaban J connectivity index is 1.94. The summed E-state index contributed by atoms with van der Waals surface area (Å²) in [4.78, 5) is 36.7. The largest absolute Gasteiger partial charge is 0.469 e. The monoisotopic (exact) mass is 376 g/mol. The molecule has 1 aliphatic rings. The van der Waals surface area contributed by atoms with E-state index in [0.29, 0.717) is 16.3 Å². The van der Waals surface area contributed by atoms with Gasteiger partial charge < -0.3 is 4.74 Å². The summed E-state index contributed by atoms with van der Waals surface area (Å²) >= 11 is 6.23. The van der Waals surface area contributed by atoms with Crippen LogP contribution in [0.1, 0.15) is 16.8 Å². The van der Waals surface area contributed by atoms with E-state index in [-0.39, 0.29) is 18.5 Å². The third-order valence-corrected chi connectivity index (χ3v) is 4.39. The SMILES string of the molecule is COC(=O)C1CC(=O)NN(C(=O)c2cn(C)nc2-c2ccccc2Cl)C1. The highest BCUT2D eigenvalue weighted by atomic mass is 35.5. The van der Waals surface area contributed by atoms with E-state index in [0.717, 1.165) is 5.01 Å². The summed E-state index contributed by atoms with van der Waals surface area (Å²) in [6.45, 7) is 0.0219. The molecule has 9 heteroatoms. The Bertz CT molecular complexity index is 879. The van der Waals surface area contributed by atoms with Crippen LogP contribution in [0.15, 0.2) is 30.5 Å². The van der Waals surface area contributed by atoms with Crippen molar-refractivity contribution in [1.82, 2.24) is 20.2 Å². The van der Waals surface area contributed by atoms with Crippen LogP contribution < -0.4 is 5.43 Å². The quantitative estimate of drug-likeness (QED) is 0.817. The van der Waals surface area contributed by atoms with E-state index in [4.69, 9.17) is 16.3 Å². The number of amides is 2. The van der Waals surface area contributed by atoms with Gasteiger partial charge in [-0.25, -0.2) is 5.01 Å².